The first-order valence-corrected chi connectivity index (χ1v) is 10.2. The van der Waals surface area contributed by atoms with Gasteiger partial charge in [0.1, 0.15) is 5.52 Å². The molecule has 0 saturated carbocycles. The van der Waals surface area contributed by atoms with Crippen LogP contribution in [0.2, 0.25) is 0 Å². The fourth-order valence-electron chi connectivity index (χ4n) is 2.98. The summed E-state index contributed by atoms with van der Waals surface area (Å²) in [5.74, 6) is -1.42. The third kappa shape index (κ3) is 3.74. The van der Waals surface area contributed by atoms with E-state index in [1.807, 2.05) is 6.92 Å². The van der Waals surface area contributed by atoms with Gasteiger partial charge in [0.2, 0.25) is 15.9 Å². The summed E-state index contributed by atoms with van der Waals surface area (Å²) in [5, 5.41) is 0.609. The SMILES string of the molecule is CCCOC(=O)c1c[nH]c2c(=O)[nH]c3ccc(S(=O)(=O)N(C)CC(N)=O)cc3c12. The molecule has 11 heteroatoms. The molecule has 0 atom stereocenters. The largest absolute Gasteiger partial charge is 0.462 e. The highest BCUT2D eigenvalue weighted by molar-refractivity contribution is 7.89. The molecule has 0 aliphatic heterocycles. The summed E-state index contributed by atoms with van der Waals surface area (Å²) in [6.45, 7) is 1.58. The van der Waals surface area contributed by atoms with Crippen molar-refractivity contribution in [2.75, 3.05) is 20.2 Å². The van der Waals surface area contributed by atoms with Crippen molar-refractivity contribution < 1.29 is 22.7 Å². The predicted octanol–water partition coefficient (Wildman–Crippen LogP) is 0.682. The number of esters is 1. The summed E-state index contributed by atoms with van der Waals surface area (Å²) in [6.07, 6.45) is 1.99. The summed E-state index contributed by atoms with van der Waals surface area (Å²) in [6, 6.07) is 4.07. The molecule has 0 saturated heterocycles. The fraction of sp³-hybridized carbons (Fsp3) is 0.278. The number of nitrogens with one attached hydrogen (secondary N) is 2. The molecule has 29 heavy (non-hydrogen) atoms. The second-order valence-electron chi connectivity index (χ2n) is 6.48. The van der Waals surface area contributed by atoms with Gasteiger partial charge in [-0.05, 0) is 24.6 Å². The van der Waals surface area contributed by atoms with Crippen molar-refractivity contribution >= 4 is 43.7 Å². The lowest BCUT2D eigenvalue weighted by Gasteiger charge is -2.16. The molecule has 1 amide bonds. The topological polar surface area (TPSA) is 155 Å². The monoisotopic (exact) mass is 420 g/mol. The van der Waals surface area contributed by atoms with Crippen LogP contribution in [0.3, 0.4) is 0 Å². The molecule has 0 aliphatic rings. The number of nitrogens with two attached hydrogens (primary N) is 1. The van der Waals surface area contributed by atoms with Crippen molar-refractivity contribution in [1.29, 1.82) is 0 Å². The summed E-state index contributed by atoms with van der Waals surface area (Å²) in [5.41, 5.74) is 5.24. The highest BCUT2D eigenvalue weighted by atomic mass is 32.2. The molecule has 0 fully saturated rings. The van der Waals surface area contributed by atoms with Gasteiger partial charge in [-0.2, -0.15) is 4.31 Å². The lowest BCUT2D eigenvalue weighted by Crippen LogP contribution is -2.35. The number of aromatic nitrogens is 2. The number of primary amides is 1. The molecule has 10 nitrogen and oxygen atoms in total. The van der Waals surface area contributed by atoms with Crippen LogP contribution < -0.4 is 11.3 Å². The molecule has 3 aromatic rings. The summed E-state index contributed by atoms with van der Waals surface area (Å²) < 4.78 is 31.5. The van der Waals surface area contributed by atoms with Gasteiger partial charge in [0, 0.05) is 29.5 Å². The van der Waals surface area contributed by atoms with Crippen LogP contribution in [0.25, 0.3) is 21.8 Å². The second-order valence-corrected chi connectivity index (χ2v) is 8.52. The average molecular weight is 420 g/mol. The van der Waals surface area contributed by atoms with Crippen molar-refractivity contribution in [2.24, 2.45) is 5.73 Å². The molecule has 2 aromatic heterocycles. The van der Waals surface area contributed by atoms with Gasteiger partial charge in [-0.3, -0.25) is 9.59 Å². The number of pyridine rings is 1. The standard InChI is InChI=1S/C18H20N4O6S/c1-3-6-28-18(25)12-8-20-16-15(12)11-7-10(4-5-13(11)21-17(16)24)29(26,27)22(2)9-14(19)23/h4-5,7-8,20H,3,6,9H2,1-2H3,(H2,19,23)(H,21,24). The molecular formula is C18H20N4O6S. The number of hydrogen-bond donors (Lipinski definition) is 3. The smallest absolute Gasteiger partial charge is 0.340 e. The summed E-state index contributed by atoms with van der Waals surface area (Å²) >= 11 is 0. The number of amides is 1. The van der Waals surface area contributed by atoms with E-state index >= 15 is 0 Å². The number of carbonyl (C=O) groups is 2. The Morgan fingerprint density at radius 2 is 2.00 bits per heavy atom. The Morgan fingerprint density at radius 1 is 1.28 bits per heavy atom. The van der Waals surface area contributed by atoms with Crippen LogP contribution in [0, 0.1) is 0 Å². The van der Waals surface area contributed by atoms with Gasteiger partial charge < -0.3 is 20.4 Å². The van der Waals surface area contributed by atoms with Gasteiger partial charge in [0.25, 0.3) is 5.56 Å². The van der Waals surface area contributed by atoms with Crippen molar-refractivity contribution in [3.63, 3.8) is 0 Å². The zero-order valence-electron chi connectivity index (χ0n) is 15.8. The quantitative estimate of drug-likeness (QED) is 0.477. The molecule has 0 radical (unpaired) electrons. The number of benzene rings is 1. The lowest BCUT2D eigenvalue weighted by molar-refractivity contribution is -0.118. The number of nitrogens with zero attached hydrogens (tertiary/aromatic N) is 1. The Labute approximate surface area is 165 Å². The summed E-state index contributed by atoms with van der Waals surface area (Å²) in [4.78, 5) is 41.1. The van der Waals surface area contributed by atoms with E-state index in [0.717, 1.165) is 4.31 Å². The minimum atomic E-state index is -4.02. The molecule has 0 unspecified atom stereocenters. The Balaban J connectivity index is 2.24. The number of ether oxygens (including phenoxy) is 1. The van der Waals surface area contributed by atoms with Crippen molar-refractivity contribution in [1.82, 2.24) is 14.3 Å². The minimum Gasteiger partial charge on any atom is -0.462 e. The number of aromatic amines is 2. The van der Waals surface area contributed by atoms with Crippen LogP contribution in [0.1, 0.15) is 23.7 Å². The number of H-pyrrole nitrogens is 2. The van der Waals surface area contributed by atoms with E-state index in [4.69, 9.17) is 10.5 Å². The Morgan fingerprint density at radius 3 is 2.66 bits per heavy atom. The molecule has 154 valence electrons. The van der Waals surface area contributed by atoms with E-state index in [1.165, 1.54) is 31.4 Å². The van der Waals surface area contributed by atoms with Gasteiger partial charge in [-0.1, -0.05) is 6.92 Å². The first-order valence-electron chi connectivity index (χ1n) is 8.75. The Bertz CT molecular complexity index is 1270. The normalized spacial score (nSPS) is 12.0. The van der Waals surface area contributed by atoms with Crippen LogP contribution in [0.15, 0.2) is 34.1 Å². The van der Waals surface area contributed by atoms with E-state index < -0.39 is 34.0 Å². The first kappa shape index (κ1) is 20.6. The highest BCUT2D eigenvalue weighted by Crippen LogP contribution is 2.28. The van der Waals surface area contributed by atoms with Crippen LogP contribution in [-0.4, -0.2) is 54.8 Å². The van der Waals surface area contributed by atoms with Crippen molar-refractivity contribution in [3.05, 3.63) is 40.3 Å². The van der Waals surface area contributed by atoms with E-state index in [0.29, 0.717) is 17.3 Å². The van der Waals surface area contributed by atoms with E-state index in [1.54, 1.807) is 0 Å². The van der Waals surface area contributed by atoms with Gasteiger partial charge in [-0.25, -0.2) is 13.2 Å². The molecule has 0 aliphatic carbocycles. The van der Waals surface area contributed by atoms with Gasteiger partial charge in [-0.15, -0.1) is 0 Å². The Hall–Kier alpha value is -3.18. The molecule has 4 N–H and O–H groups in total. The molecule has 0 spiro atoms. The predicted molar refractivity (Wildman–Crippen MR) is 106 cm³/mol. The van der Waals surface area contributed by atoms with Crippen LogP contribution >= 0.6 is 0 Å². The number of likely N-dealkylation sites (N-methyl/N-ethyl adjacent to an activating group) is 1. The number of carbonyl (C=O) groups excluding carboxylic acids is 2. The number of rotatable bonds is 7. The van der Waals surface area contributed by atoms with Crippen LogP contribution in [0.4, 0.5) is 0 Å². The third-order valence-corrected chi connectivity index (χ3v) is 6.16. The van der Waals surface area contributed by atoms with E-state index in [-0.39, 0.29) is 28.0 Å². The maximum absolute atomic E-state index is 12.8. The lowest BCUT2D eigenvalue weighted by atomic mass is 10.1. The van der Waals surface area contributed by atoms with E-state index in [2.05, 4.69) is 9.97 Å². The molecule has 2 heterocycles. The zero-order chi connectivity index (χ0) is 21.3. The first-order chi connectivity index (χ1) is 13.7. The van der Waals surface area contributed by atoms with Gasteiger partial charge >= 0.3 is 5.97 Å². The van der Waals surface area contributed by atoms with Crippen LogP contribution in [-0.2, 0) is 19.6 Å². The van der Waals surface area contributed by atoms with Gasteiger partial charge in [0.15, 0.2) is 0 Å². The maximum Gasteiger partial charge on any atom is 0.340 e. The molecule has 3 rings (SSSR count). The van der Waals surface area contributed by atoms with Gasteiger partial charge in [0.05, 0.1) is 23.6 Å². The zero-order valence-corrected chi connectivity index (χ0v) is 16.6. The molecule has 0 bridgehead atoms. The Kier molecular flexibility index (Phi) is 5.44. The highest BCUT2D eigenvalue weighted by Gasteiger charge is 2.24. The fourth-order valence-corrected chi connectivity index (χ4v) is 4.15. The number of sulfonamides is 1. The summed E-state index contributed by atoms with van der Waals surface area (Å²) in [7, 11) is -2.79. The van der Waals surface area contributed by atoms with Crippen LogP contribution in [0.5, 0.6) is 0 Å². The second kappa shape index (κ2) is 7.68. The van der Waals surface area contributed by atoms with Crippen molar-refractivity contribution in [2.45, 2.75) is 18.2 Å². The third-order valence-electron chi connectivity index (χ3n) is 4.36. The maximum atomic E-state index is 12.8. The number of hydrogen-bond acceptors (Lipinski definition) is 6. The molecular weight excluding hydrogens is 400 g/mol. The van der Waals surface area contributed by atoms with E-state index in [9.17, 15) is 22.8 Å². The number of fused-ring (bicyclic) bond motifs is 3. The minimum absolute atomic E-state index is 0.115. The molecule has 1 aromatic carbocycles. The average Bonchev–Trinajstić information content (AvgIpc) is 3.11. The van der Waals surface area contributed by atoms with Crippen molar-refractivity contribution in [3.8, 4) is 0 Å².